The normalized spacial score (nSPS) is 12.1. The van der Waals surface area contributed by atoms with Crippen LogP contribution < -0.4 is 10.6 Å². The number of carbonyl (C=O) groups is 1. The number of rotatable bonds is 5. The van der Waals surface area contributed by atoms with E-state index < -0.39 is 0 Å². The molecule has 7 heteroatoms. The molecule has 0 spiro atoms. The van der Waals surface area contributed by atoms with Crippen LogP contribution in [0.4, 0.5) is 4.79 Å². The number of thiophene rings is 1. The molecule has 0 aliphatic rings. The lowest BCUT2D eigenvalue weighted by Gasteiger charge is -2.14. The summed E-state index contributed by atoms with van der Waals surface area (Å²) in [6.07, 6.45) is 3.60. The van der Waals surface area contributed by atoms with Crippen molar-refractivity contribution in [3.63, 3.8) is 0 Å². The molecule has 2 rings (SSSR count). The topological polar surface area (TPSA) is 59.0 Å². The predicted molar refractivity (Wildman–Crippen MR) is 79.1 cm³/mol. The second kappa shape index (κ2) is 6.72. The number of carbonyl (C=O) groups excluding carboxylic acids is 1. The van der Waals surface area contributed by atoms with E-state index in [1.807, 2.05) is 30.6 Å². The van der Waals surface area contributed by atoms with Gasteiger partial charge in [0.2, 0.25) is 0 Å². The molecule has 2 aromatic heterocycles. The van der Waals surface area contributed by atoms with Gasteiger partial charge in [0, 0.05) is 33.2 Å². The molecule has 0 fully saturated rings. The first-order chi connectivity index (χ1) is 9.13. The van der Waals surface area contributed by atoms with Gasteiger partial charge in [-0.3, -0.25) is 4.68 Å². The molecule has 2 heterocycles. The summed E-state index contributed by atoms with van der Waals surface area (Å²) in [5.41, 5.74) is 0. The van der Waals surface area contributed by atoms with Gasteiger partial charge in [0.1, 0.15) is 0 Å². The van der Waals surface area contributed by atoms with Crippen molar-refractivity contribution in [2.75, 3.05) is 0 Å². The Kier molecular flexibility index (Phi) is 4.98. The highest BCUT2D eigenvalue weighted by molar-refractivity contribution is 9.10. The van der Waals surface area contributed by atoms with Crippen LogP contribution in [-0.2, 0) is 13.1 Å². The van der Waals surface area contributed by atoms with Gasteiger partial charge in [0.25, 0.3) is 0 Å². The molecule has 0 bridgehead atoms. The van der Waals surface area contributed by atoms with Crippen LogP contribution in [0.25, 0.3) is 0 Å². The third-order valence-corrected chi connectivity index (χ3v) is 4.14. The number of amides is 2. The fourth-order valence-electron chi connectivity index (χ4n) is 1.62. The Hall–Kier alpha value is -1.34. The van der Waals surface area contributed by atoms with Gasteiger partial charge in [-0.25, -0.2) is 4.79 Å². The van der Waals surface area contributed by atoms with Crippen LogP contribution in [0.15, 0.2) is 34.4 Å². The van der Waals surface area contributed by atoms with Crippen LogP contribution in [0.3, 0.4) is 0 Å². The summed E-state index contributed by atoms with van der Waals surface area (Å²) in [5.74, 6) is 0. The molecule has 0 aromatic carbocycles. The van der Waals surface area contributed by atoms with E-state index in [1.165, 1.54) is 0 Å². The minimum absolute atomic E-state index is 0.0231. The number of urea groups is 1. The minimum atomic E-state index is -0.163. The fourth-order valence-corrected chi connectivity index (χ4v) is 3.01. The first-order valence-electron chi connectivity index (χ1n) is 5.88. The standard InChI is InChI=1S/C12H15BrN4OS/c1-9(7-17-4-2-3-15-17)16-12(18)14-6-11-5-10(13)8-19-11/h2-5,8-9H,6-7H2,1H3,(H2,14,16,18)/t9-/m1/s1. The zero-order valence-corrected chi connectivity index (χ0v) is 12.9. The number of aromatic nitrogens is 2. The van der Waals surface area contributed by atoms with Crippen molar-refractivity contribution < 1.29 is 4.79 Å². The summed E-state index contributed by atoms with van der Waals surface area (Å²) in [7, 11) is 0. The highest BCUT2D eigenvalue weighted by Gasteiger charge is 2.08. The van der Waals surface area contributed by atoms with Crippen LogP contribution in [0.1, 0.15) is 11.8 Å². The number of nitrogens with one attached hydrogen (secondary N) is 2. The van der Waals surface area contributed by atoms with Crippen LogP contribution in [0, 0.1) is 0 Å². The van der Waals surface area contributed by atoms with Crippen LogP contribution in [0.5, 0.6) is 0 Å². The molecule has 102 valence electrons. The molecule has 19 heavy (non-hydrogen) atoms. The van der Waals surface area contributed by atoms with E-state index in [9.17, 15) is 4.79 Å². The molecule has 0 saturated heterocycles. The monoisotopic (exact) mass is 342 g/mol. The Morgan fingerprint density at radius 3 is 3.11 bits per heavy atom. The van der Waals surface area contributed by atoms with Crippen molar-refractivity contribution in [3.05, 3.63) is 39.3 Å². The Balaban J connectivity index is 1.71. The van der Waals surface area contributed by atoms with Crippen molar-refractivity contribution in [1.29, 1.82) is 0 Å². The maximum absolute atomic E-state index is 11.7. The van der Waals surface area contributed by atoms with Gasteiger partial charge in [0.15, 0.2) is 0 Å². The van der Waals surface area contributed by atoms with Gasteiger partial charge in [0.05, 0.1) is 13.1 Å². The van der Waals surface area contributed by atoms with Crippen molar-refractivity contribution in [1.82, 2.24) is 20.4 Å². The lowest BCUT2D eigenvalue weighted by atomic mass is 10.3. The van der Waals surface area contributed by atoms with Crippen LogP contribution in [-0.4, -0.2) is 21.9 Å². The first kappa shape index (κ1) is 14.1. The molecular weight excluding hydrogens is 328 g/mol. The van der Waals surface area contributed by atoms with Crippen LogP contribution in [0.2, 0.25) is 0 Å². The highest BCUT2D eigenvalue weighted by atomic mass is 79.9. The Morgan fingerprint density at radius 1 is 1.63 bits per heavy atom. The van der Waals surface area contributed by atoms with E-state index in [1.54, 1.807) is 22.2 Å². The third-order valence-electron chi connectivity index (χ3n) is 2.44. The summed E-state index contributed by atoms with van der Waals surface area (Å²) >= 11 is 5.00. The number of hydrogen-bond donors (Lipinski definition) is 2. The maximum Gasteiger partial charge on any atom is 0.315 e. The molecule has 0 saturated carbocycles. The number of hydrogen-bond acceptors (Lipinski definition) is 3. The summed E-state index contributed by atoms with van der Waals surface area (Å²) in [5, 5.41) is 11.8. The minimum Gasteiger partial charge on any atom is -0.334 e. The molecule has 0 aliphatic heterocycles. The molecule has 2 amide bonds. The van der Waals surface area contributed by atoms with Crippen molar-refractivity contribution in [3.8, 4) is 0 Å². The lowest BCUT2D eigenvalue weighted by Crippen LogP contribution is -2.42. The predicted octanol–water partition coefficient (Wildman–Crippen LogP) is 2.60. The third kappa shape index (κ3) is 4.68. The average molecular weight is 343 g/mol. The zero-order valence-electron chi connectivity index (χ0n) is 10.5. The SMILES string of the molecule is C[C@H](Cn1cccn1)NC(=O)NCc1cc(Br)cs1. The zero-order chi connectivity index (χ0) is 13.7. The highest BCUT2D eigenvalue weighted by Crippen LogP contribution is 2.19. The van der Waals surface area contributed by atoms with Crippen molar-refractivity contribution in [2.24, 2.45) is 0 Å². The molecule has 0 unspecified atom stereocenters. The molecule has 1 atom stereocenters. The fraction of sp³-hybridized carbons (Fsp3) is 0.333. The van der Waals surface area contributed by atoms with Gasteiger partial charge in [-0.15, -0.1) is 11.3 Å². The van der Waals surface area contributed by atoms with E-state index in [0.717, 1.165) is 9.35 Å². The van der Waals surface area contributed by atoms with Gasteiger partial charge >= 0.3 is 6.03 Å². The van der Waals surface area contributed by atoms with E-state index in [2.05, 4.69) is 31.7 Å². The smallest absolute Gasteiger partial charge is 0.315 e. The summed E-state index contributed by atoms with van der Waals surface area (Å²) in [6, 6.07) is 3.72. The molecule has 0 aliphatic carbocycles. The second-order valence-electron chi connectivity index (χ2n) is 4.19. The van der Waals surface area contributed by atoms with E-state index >= 15 is 0 Å². The van der Waals surface area contributed by atoms with E-state index in [-0.39, 0.29) is 12.1 Å². The lowest BCUT2D eigenvalue weighted by molar-refractivity contribution is 0.236. The van der Waals surface area contributed by atoms with Gasteiger partial charge < -0.3 is 10.6 Å². The Bertz CT molecular complexity index is 526. The molecule has 5 nitrogen and oxygen atoms in total. The molecule has 2 N–H and O–H groups in total. The molecular formula is C12H15BrN4OS. The molecule has 2 aromatic rings. The number of halogens is 1. The van der Waals surface area contributed by atoms with Gasteiger partial charge in [-0.2, -0.15) is 5.10 Å². The maximum atomic E-state index is 11.7. The van der Waals surface area contributed by atoms with Crippen molar-refractivity contribution >= 4 is 33.3 Å². The van der Waals surface area contributed by atoms with Crippen molar-refractivity contribution in [2.45, 2.75) is 26.1 Å². The summed E-state index contributed by atoms with van der Waals surface area (Å²) in [6.45, 7) is 3.14. The summed E-state index contributed by atoms with van der Waals surface area (Å²) < 4.78 is 2.84. The Labute approximate surface area is 124 Å². The van der Waals surface area contributed by atoms with E-state index in [0.29, 0.717) is 13.1 Å². The molecule has 0 radical (unpaired) electrons. The largest absolute Gasteiger partial charge is 0.334 e. The van der Waals surface area contributed by atoms with E-state index in [4.69, 9.17) is 0 Å². The average Bonchev–Trinajstić information content (AvgIpc) is 2.98. The van der Waals surface area contributed by atoms with Gasteiger partial charge in [-0.05, 0) is 35.0 Å². The van der Waals surface area contributed by atoms with Gasteiger partial charge in [-0.1, -0.05) is 0 Å². The Morgan fingerprint density at radius 2 is 2.47 bits per heavy atom. The van der Waals surface area contributed by atoms with Crippen LogP contribution >= 0.6 is 27.3 Å². The quantitative estimate of drug-likeness (QED) is 0.877. The number of nitrogens with zero attached hydrogens (tertiary/aromatic N) is 2. The second-order valence-corrected chi connectivity index (χ2v) is 6.10. The first-order valence-corrected chi connectivity index (χ1v) is 7.55. The summed E-state index contributed by atoms with van der Waals surface area (Å²) in [4.78, 5) is 12.8.